The first-order valence-electron chi connectivity index (χ1n) is 8.98. The third-order valence-electron chi connectivity index (χ3n) is 3.87. The molecule has 2 aromatic heterocycles. The lowest BCUT2D eigenvalue weighted by Gasteiger charge is -2.14. The van der Waals surface area contributed by atoms with E-state index >= 15 is 0 Å². The molecule has 0 amide bonds. The molecule has 3 rings (SSSR count). The molecule has 0 bridgehead atoms. The Morgan fingerprint density at radius 3 is 2.04 bits per heavy atom. The fraction of sp³-hybridized carbons (Fsp3) is 0.350. The first-order chi connectivity index (χ1) is 13.5. The van der Waals surface area contributed by atoms with Crippen molar-refractivity contribution in [3.8, 4) is 28.8 Å². The number of H-pyrrole nitrogens is 1. The monoisotopic (exact) mass is 385 g/mol. The van der Waals surface area contributed by atoms with Crippen molar-refractivity contribution in [1.82, 2.24) is 19.9 Å². The second-order valence-corrected chi connectivity index (χ2v) is 5.68. The van der Waals surface area contributed by atoms with E-state index in [2.05, 4.69) is 25.3 Å². The fourth-order valence-corrected chi connectivity index (χ4v) is 2.72. The summed E-state index contributed by atoms with van der Waals surface area (Å²) in [6.45, 7) is 8.00. The van der Waals surface area contributed by atoms with Crippen LogP contribution in [-0.4, -0.2) is 41.3 Å². The van der Waals surface area contributed by atoms with Gasteiger partial charge in [0.1, 0.15) is 6.33 Å². The van der Waals surface area contributed by atoms with Gasteiger partial charge in [-0.05, 0) is 25.5 Å². The van der Waals surface area contributed by atoms with Crippen LogP contribution in [0.15, 0.2) is 24.5 Å². The van der Waals surface area contributed by atoms with E-state index in [9.17, 15) is 0 Å². The van der Waals surface area contributed by atoms with Crippen molar-refractivity contribution < 1.29 is 14.2 Å². The highest BCUT2D eigenvalue weighted by Gasteiger charge is 2.15. The highest BCUT2D eigenvalue weighted by molar-refractivity contribution is 5.66. The molecule has 0 radical (unpaired) electrons. The van der Waals surface area contributed by atoms with E-state index in [1.165, 1.54) is 6.33 Å². The Bertz CT molecular complexity index is 899. The summed E-state index contributed by atoms with van der Waals surface area (Å²) in [4.78, 5) is 16.2. The Morgan fingerprint density at radius 1 is 0.893 bits per heavy atom. The zero-order valence-corrected chi connectivity index (χ0v) is 17.4. The van der Waals surface area contributed by atoms with Crippen LogP contribution in [0.4, 0.5) is 11.6 Å². The van der Waals surface area contributed by atoms with Gasteiger partial charge in [-0.2, -0.15) is 4.98 Å². The van der Waals surface area contributed by atoms with Crippen LogP contribution < -0.4 is 19.5 Å². The number of hydrogen-bond donors (Lipinski definition) is 2. The third-order valence-corrected chi connectivity index (χ3v) is 3.87. The van der Waals surface area contributed by atoms with Crippen molar-refractivity contribution in [3.05, 3.63) is 35.8 Å². The van der Waals surface area contributed by atoms with Crippen LogP contribution >= 0.6 is 0 Å². The zero-order chi connectivity index (χ0) is 20.7. The Balaban J connectivity index is 0.00000136. The molecule has 2 N–H and O–H groups in total. The summed E-state index contributed by atoms with van der Waals surface area (Å²) in [5.41, 5.74) is 3.71. The summed E-state index contributed by atoms with van der Waals surface area (Å²) in [6, 6.07) is 5.62. The number of methoxy groups -OCH3 is 3. The molecule has 0 saturated heterocycles. The average molecular weight is 385 g/mol. The maximum Gasteiger partial charge on any atom is 0.230 e. The van der Waals surface area contributed by atoms with Crippen molar-refractivity contribution in [2.75, 3.05) is 26.6 Å². The maximum absolute atomic E-state index is 5.37. The van der Waals surface area contributed by atoms with Gasteiger partial charge in [0.05, 0.1) is 27.0 Å². The molecular weight excluding hydrogens is 358 g/mol. The second-order valence-electron chi connectivity index (χ2n) is 5.68. The SMILES string of the molecule is CC.COc1cc(Nc2ncnc(-c3[nH]c(C)cc3C)n2)cc(OC)c1OC. The fourth-order valence-electron chi connectivity index (χ4n) is 2.72. The summed E-state index contributed by atoms with van der Waals surface area (Å²) in [6.07, 6.45) is 1.47. The first-order valence-corrected chi connectivity index (χ1v) is 8.98. The molecule has 0 spiro atoms. The molecule has 0 saturated carbocycles. The smallest absolute Gasteiger partial charge is 0.230 e. The van der Waals surface area contributed by atoms with E-state index in [0.717, 1.165) is 17.0 Å². The Kier molecular flexibility index (Phi) is 7.20. The number of anilines is 2. The number of aromatic amines is 1. The number of benzene rings is 1. The molecule has 0 aliphatic heterocycles. The molecule has 28 heavy (non-hydrogen) atoms. The minimum atomic E-state index is 0.413. The van der Waals surface area contributed by atoms with Gasteiger partial charge in [0.15, 0.2) is 17.3 Å². The van der Waals surface area contributed by atoms with Gasteiger partial charge in [0, 0.05) is 23.5 Å². The minimum absolute atomic E-state index is 0.413. The van der Waals surface area contributed by atoms with Gasteiger partial charge in [-0.3, -0.25) is 0 Å². The molecule has 8 heteroatoms. The topological polar surface area (TPSA) is 94.2 Å². The van der Waals surface area contributed by atoms with Gasteiger partial charge in [0.2, 0.25) is 11.7 Å². The average Bonchev–Trinajstić information content (AvgIpc) is 3.07. The highest BCUT2D eigenvalue weighted by atomic mass is 16.5. The van der Waals surface area contributed by atoms with E-state index in [-0.39, 0.29) is 0 Å². The number of aryl methyl sites for hydroxylation is 2. The largest absolute Gasteiger partial charge is 0.493 e. The van der Waals surface area contributed by atoms with E-state index in [1.54, 1.807) is 33.5 Å². The lowest BCUT2D eigenvalue weighted by molar-refractivity contribution is 0.324. The minimum Gasteiger partial charge on any atom is -0.493 e. The summed E-state index contributed by atoms with van der Waals surface area (Å²) in [5.74, 6) is 2.59. The molecule has 0 unspecified atom stereocenters. The van der Waals surface area contributed by atoms with Crippen molar-refractivity contribution in [2.45, 2.75) is 27.7 Å². The summed E-state index contributed by atoms with van der Waals surface area (Å²) in [7, 11) is 4.70. The van der Waals surface area contributed by atoms with Crippen LogP contribution in [0.25, 0.3) is 11.5 Å². The highest BCUT2D eigenvalue weighted by Crippen LogP contribution is 2.40. The first kappa shape index (κ1) is 21.0. The van der Waals surface area contributed by atoms with Gasteiger partial charge in [-0.25, -0.2) is 9.97 Å². The molecule has 0 atom stereocenters. The maximum atomic E-state index is 5.37. The van der Waals surface area contributed by atoms with Crippen molar-refractivity contribution >= 4 is 11.6 Å². The molecular formula is C20H27N5O3. The molecule has 2 heterocycles. The molecule has 150 valence electrons. The number of nitrogens with zero attached hydrogens (tertiary/aromatic N) is 3. The van der Waals surface area contributed by atoms with Gasteiger partial charge < -0.3 is 24.5 Å². The van der Waals surface area contributed by atoms with Crippen molar-refractivity contribution in [3.63, 3.8) is 0 Å². The predicted octanol–water partition coefficient (Wildman–Crippen LogP) is 4.28. The van der Waals surface area contributed by atoms with Crippen molar-refractivity contribution in [2.24, 2.45) is 0 Å². The van der Waals surface area contributed by atoms with E-state index in [0.29, 0.717) is 34.7 Å². The Labute approximate surface area is 165 Å². The number of aromatic nitrogens is 4. The van der Waals surface area contributed by atoms with Gasteiger partial charge in [0.25, 0.3) is 0 Å². The zero-order valence-electron chi connectivity index (χ0n) is 17.4. The van der Waals surface area contributed by atoms with Crippen LogP contribution in [0, 0.1) is 13.8 Å². The summed E-state index contributed by atoms with van der Waals surface area (Å²) in [5, 5.41) is 3.15. The van der Waals surface area contributed by atoms with Gasteiger partial charge in [-0.15, -0.1) is 0 Å². The Morgan fingerprint density at radius 2 is 1.54 bits per heavy atom. The van der Waals surface area contributed by atoms with E-state index < -0.39 is 0 Å². The number of hydrogen-bond acceptors (Lipinski definition) is 7. The summed E-state index contributed by atoms with van der Waals surface area (Å²) >= 11 is 0. The molecule has 0 fully saturated rings. The van der Waals surface area contributed by atoms with Crippen LogP contribution in [0.2, 0.25) is 0 Å². The quantitative estimate of drug-likeness (QED) is 0.654. The normalized spacial score (nSPS) is 9.96. The lowest BCUT2D eigenvalue weighted by Crippen LogP contribution is -2.02. The lowest BCUT2D eigenvalue weighted by atomic mass is 10.2. The standard InChI is InChI=1S/C18H21N5O3.C2H6/c1-10-6-11(2)21-15(10)17-19-9-20-18(23-17)22-12-7-13(24-3)16(26-5)14(8-12)25-4;1-2/h6-9,21H,1-5H3,(H,19,20,22,23);1-2H3. The van der Waals surface area contributed by atoms with Crippen LogP contribution in [0.1, 0.15) is 25.1 Å². The predicted molar refractivity (Wildman–Crippen MR) is 110 cm³/mol. The van der Waals surface area contributed by atoms with E-state index in [1.807, 2.05) is 33.8 Å². The molecule has 8 nitrogen and oxygen atoms in total. The third kappa shape index (κ3) is 4.51. The molecule has 0 aliphatic rings. The molecule has 1 aromatic carbocycles. The van der Waals surface area contributed by atoms with Crippen LogP contribution in [-0.2, 0) is 0 Å². The van der Waals surface area contributed by atoms with Gasteiger partial charge >= 0.3 is 0 Å². The molecule has 0 aliphatic carbocycles. The molecule has 3 aromatic rings. The number of nitrogens with one attached hydrogen (secondary N) is 2. The van der Waals surface area contributed by atoms with E-state index in [4.69, 9.17) is 14.2 Å². The number of rotatable bonds is 6. The summed E-state index contributed by atoms with van der Waals surface area (Å²) < 4.78 is 16.1. The van der Waals surface area contributed by atoms with Crippen LogP contribution in [0.3, 0.4) is 0 Å². The second kappa shape index (κ2) is 9.59. The van der Waals surface area contributed by atoms with Crippen molar-refractivity contribution in [1.29, 1.82) is 0 Å². The Hall–Kier alpha value is -3.29. The van der Waals surface area contributed by atoms with Crippen LogP contribution in [0.5, 0.6) is 17.2 Å². The van der Waals surface area contributed by atoms with Gasteiger partial charge in [-0.1, -0.05) is 13.8 Å². The number of ether oxygens (including phenoxy) is 3.